The molecule has 2 amide bonds. The monoisotopic (exact) mass is 428 g/mol. The van der Waals surface area contributed by atoms with Crippen molar-refractivity contribution in [3.05, 3.63) is 54.7 Å². The molecule has 0 fully saturated rings. The fraction of sp³-hybridized carbons (Fsp3) is 0.318. The normalized spacial score (nSPS) is 11.7. The van der Waals surface area contributed by atoms with E-state index in [2.05, 4.69) is 40.1 Å². The highest BCUT2D eigenvalue weighted by atomic mass is 32.2. The molecule has 0 saturated carbocycles. The minimum atomic E-state index is -3.26. The summed E-state index contributed by atoms with van der Waals surface area (Å²) in [7, 11) is -3.26. The van der Waals surface area contributed by atoms with Gasteiger partial charge in [0.15, 0.2) is 9.84 Å². The predicted octanol–water partition coefficient (Wildman–Crippen LogP) is 4.03. The molecular weight excluding hydrogens is 400 g/mol. The van der Waals surface area contributed by atoms with Gasteiger partial charge in [0, 0.05) is 47.8 Å². The summed E-state index contributed by atoms with van der Waals surface area (Å²) in [6.45, 7) is 8.32. The van der Waals surface area contributed by atoms with E-state index in [1.807, 2.05) is 24.3 Å². The Hall–Kier alpha value is -2.84. The molecule has 2 N–H and O–H groups in total. The average molecular weight is 429 g/mol. The van der Waals surface area contributed by atoms with Crippen LogP contribution in [-0.4, -0.2) is 49.8 Å². The van der Waals surface area contributed by atoms with E-state index in [0.29, 0.717) is 11.4 Å². The molecule has 0 atom stereocenters. The second-order valence-electron chi connectivity index (χ2n) is 7.19. The van der Waals surface area contributed by atoms with E-state index >= 15 is 0 Å². The summed E-state index contributed by atoms with van der Waals surface area (Å²) in [6.07, 6.45) is 3.22. The lowest BCUT2D eigenvalue weighted by atomic mass is 10.2. The number of nitrogens with one attached hydrogen (secondary N) is 2. The van der Waals surface area contributed by atoms with Gasteiger partial charge < -0.3 is 20.1 Å². The summed E-state index contributed by atoms with van der Waals surface area (Å²) in [5.74, 6) is 0. The highest BCUT2D eigenvalue weighted by molar-refractivity contribution is 7.90. The summed E-state index contributed by atoms with van der Waals surface area (Å²) in [4.78, 5) is 14.9. The van der Waals surface area contributed by atoms with Crippen LogP contribution in [0.5, 0.6) is 0 Å². The van der Waals surface area contributed by atoms with Gasteiger partial charge in [0.05, 0.1) is 4.90 Å². The van der Waals surface area contributed by atoms with Crippen LogP contribution in [-0.2, 0) is 16.4 Å². The number of carbonyl (C=O) groups is 1. The molecule has 0 spiro atoms. The van der Waals surface area contributed by atoms with Crippen molar-refractivity contribution in [2.75, 3.05) is 36.5 Å². The number of anilines is 2. The molecule has 7 nitrogen and oxygen atoms in total. The fourth-order valence-electron chi connectivity index (χ4n) is 3.34. The van der Waals surface area contributed by atoms with Crippen molar-refractivity contribution < 1.29 is 13.2 Å². The number of nitrogens with zero attached hydrogens (tertiary/aromatic N) is 2. The number of sulfone groups is 1. The van der Waals surface area contributed by atoms with Crippen molar-refractivity contribution in [2.24, 2.45) is 0 Å². The Balaban J connectivity index is 1.64. The SMILES string of the molecule is CCN(CC)CCn1ccc2cc(NC(=O)Nc3ccc(S(C)(=O)=O)cc3)ccc21. The number of aromatic nitrogens is 1. The van der Waals surface area contributed by atoms with E-state index < -0.39 is 9.84 Å². The molecule has 8 heteroatoms. The van der Waals surface area contributed by atoms with Gasteiger partial charge in [-0.1, -0.05) is 13.8 Å². The Morgan fingerprint density at radius 3 is 2.23 bits per heavy atom. The second kappa shape index (κ2) is 9.32. The molecule has 30 heavy (non-hydrogen) atoms. The number of likely N-dealkylation sites (N-methyl/N-ethyl adjacent to an activating group) is 1. The molecule has 0 bridgehead atoms. The van der Waals surface area contributed by atoms with Gasteiger partial charge in [-0.05, 0) is 61.6 Å². The first kappa shape index (κ1) is 21.9. The minimum absolute atomic E-state index is 0.212. The first-order valence-electron chi connectivity index (χ1n) is 9.99. The van der Waals surface area contributed by atoms with Gasteiger partial charge in [-0.25, -0.2) is 13.2 Å². The summed E-state index contributed by atoms with van der Waals surface area (Å²) < 4.78 is 25.3. The third-order valence-corrected chi connectivity index (χ3v) is 6.25. The molecule has 1 aromatic heterocycles. The van der Waals surface area contributed by atoms with E-state index in [0.717, 1.165) is 43.3 Å². The van der Waals surface area contributed by atoms with E-state index in [-0.39, 0.29) is 10.9 Å². The van der Waals surface area contributed by atoms with Crippen LogP contribution >= 0.6 is 0 Å². The maximum Gasteiger partial charge on any atom is 0.323 e. The molecule has 0 aliphatic rings. The Kier molecular flexibility index (Phi) is 6.79. The van der Waals surface area contributed by atoms with E-state index in [9.17, 15) is 13.2 Å². The Labute approximate surface area is 177 Å². The van der Waals surface area contributed by atoms with Crippen molar-refractivity contribution >= 4 is 38.1 Å². The summed E-state index contributed by atoms with van der Waals surface area (Å²) in [6, 6.07) is 13.6. The standard InChI is InChI=1S/C22H28N4O3S/c1-4-25(5-2)14-15-26-13-12-17-16-19(8-11-21(17)26)24-22(27)23-18-6-9-20(10-7-18)30(3,28)29/h6-13,16H,4-5,14-15H2,1-3H3,(H2,23,24,27). The summed E-state index contributed by atoms with van der Waals surface area (Å²) in [5.41, 5.74) is 2.34. The van der Waals surface area contributed by atoms with Crippen LogP contribution in [0, 0.1) is 0 Å². The quantitative estimate of drug-likeness (QED) is 0.567. The van der Waals surface area contributed by atoms with Gasteiger partial charge in [0.25, 0.3) is 0 Å². The molecule has 0 saturated heterocycles. The Morgan fingerprint density at radius 2 is 1.60 bits per heavy atom. The zero-order valence-electron chi connectivity index (χ0n) is 17.6. The number of benzene rings is 2. The van der Waals surface area contributed by atoms with Crippen LogP contribution in [0.3, 0.4) is 0 Å². The zero-order valence-corrected chi connectivity index (χ0v) is 18.4. The summed E-state index contributed by atoms with van der Waals surface area (Å²) >= 11 is 0. The predicted molar refractivity (Wildman–Crippen MR) is 122 cm³/mol. The molecule has 2 aromatic carbocycles. The van der Waals surface area contributed by atoms with Crippen LogP contribution in [0.2, 0.25) is 0 Å². The molecular formula is C22H28N4O3S. The van der Waals surface area contributed by atoms with Crippen molar-refractivity contribution in [2.45, 2.75) is 25.3 Å². The lowest BCUT2D eigenvalue weighted by molar-refractivity contribution is 0.262. The third kappa shape index (κ3) is 5.40. The maximum atomic E-state index is 12.3. The van der Waals surface area contributed by atoms with Crippen LogP contribution in [0.15, 0.2) is 59.6 Å². The van der Waals surface area contributed by atoms with Gasteiger partial charge in [-0.3, -0.25) is 0 Å². The van der Waals surface area contributed by atoms with Crippen LogP contribution < -0.4 is 10.6 Å². The van der Waals surface area contributed by atoms with Crippen molar-refractivity contribution in [1.82, 2.24) is 9.47 Å². The first-order valence-corrected chi connectivity index (χ1v) is 11.9. The van der Waals surface area contributed by atoms with Gasteiger partial charge in [-0.2, -0.15) is 0 Å². The van der Waals surface area contributed by atoms with Crippen LogP contribution in [0.25, 0.3) is 10.9 Å². The van der Waals surface area contributed by atoms with Crippen LogP contribution in [0.1, 0.15) is 13.8 Å². The number of amides is 2. The number of hydrogen-bond donors (Lipinski definition) is 2. The van der Waals surface area contributed by atoms with E-state index in [4.69, 9.17) is 0 Å². The Bertz CT molecular complexity index is 1120. The molecule has 1 heterocycles. The van der Waals surface area contributed by atoms with Gasteiger partial charge >= 0.3 is 6.03 Å². The zero-order chi connectivity index (χ0) is 21.7. The molecule has 0 unspecified atom stereocenters. The number of hydrogen-bond acceptors (Lipinski definition) is 4. The molecule has 3 aromatic rings. The molecule has 0 aliphatic heterocycles. The average Bonchev–Trinajstić information content (AvgIpc) is 3.10. The number of urea groups is 1. The van der Waals surface area contributed by atoms with E-state index in [1.54, 1.807) is 12.1 Å². The molecule has 3 rings (SSSR count). The lowest BCUT2D eigenvalue weighted by Gasteiger charge is -2.18. The van der Waals surface area contributed by atoms with Crippen molar-refractivity contribution in [1.29, 1.82) is 0 Å². The largest absolute Gasteiger partial charge is 0.346 e. The minimum Gasteiger partial charge on any atom is -0.346 e. The van der Waals surface area contributed by atoms with Gasteiger partial charge in [0.1, 0.15) is 0 Å². The van der Waals surface area contributed by atoms with Gasteiger partial charge in [0.2, 0.25) is 0 Å². The van der Waals surface area contributed by atoms with E-state index in [1.165, 1.54) is 12.1 Å². The third-order valence-electron chi connectivity index (χ3n) is 5.12. The smallest absolute Gasteiger partial charge is 0.323 e. The van der Waals surface area contributed by atoms with Crippen molar-refractivity contribution in [3.63, 3.8) is 0 Å². The number of fused-ring (bicyclic) bond motifs is 1. The number of rotatable bonds is 8. The lowest BCUT2D eigenvalue weighted by Crippen LogP contribution is -2.26. The highest BCUT2D eigenvalue weighted by Gasteiger charge is 2.09. The molecule has 0 radical (unpaired) electrons. The van der Waals surface area contributed by atoms with Gasteiger partial charge in [-0.15, -0.1) is 0 Å². The first-order chi connectivity index (χ1) is 14.3. The molecule has 160 valence electrons. The topological polar surface area (TPSA) is 83.4 Å². The maximum absolute atomic E-state index is 12.3. The fourth-order valence-corrected chi connectivity index (χ4v) is 3.97. The highest BCUT2D eigenvalue weighted by Crippen LogP contribution is 2.21. The number of carbonyl (C=O) groups excluding carboxylic acids is 1. The Morgan fingerprint density at radius 1 is 0.967 bits per heavy atom. The van der Waals surface area contributed by atoms with Crippen molar-refractivity contribution in [3.8, 4) is 0 Å². The second-order valence-corrected chi connectivity index (χ2v) is 9.20. The summed E-state index contributed by atoms with van der Waals surface area (Å²) in [5, 5.41) is 6.59. The van der Waals surface area contributed by atoms with Crippen LogP contribution in [0.4, 0.5) is 16.2 Å². The molecule has 0 aliphatic carbocycles.